The predicted octanol–water partition coefficient (Wildman–Crippen LogP) is 3.33. The van der Waals surface area contributed by atoms with Crippen LogP contribution in [0.2, 0.25) is 0 Å². The summed E-state index contributed by atoms with van der Waals surface area (Å²) in [7, 11) is 0. The molecular weight excluding hydrogens is 217 g/mol. The van der Waals surface area contributed by atoms with Crippen molar-refractivity contribution in [1.82, 2.24) is 0 Å². The van der Waals surface area contributed by atoms with E-state index in [4.69, 9.17) is 0 Å². The van der Waals surface area contributed by atoms with Crippen LogP contribution in [-0.4, -0.2) is 18.9 Å². The normalized spacial score (nSPS) is 16.1. The van der Waals surface area contributed by atoms with Crippen molar-refractivity contribution in [1.29, 1.82) is 0 Å². The van der Waals surface area contributed by atoms with Gasteiger partial charge in [-0.1, -0.05) is 0 Å². The maximum Gasteiger partial charge on any atom is 0.161 e. The molecule has 3 heteroatoms. The second-order valence-electron chi connectivity index (χ2n) is 4.72. The number of carbonyl (C=O) groups excluding carboxylic acids is 1. The van der Waals surface area contributed by atoms with Crippen LogP contribution >= 0.6 is 0 Å². The van der Waals surface area contributed by atoms with E-state index in [2.05, 4.69) is 4.90 Å². The minimum absolute atomic E-state index is 0.0653. The number of Topliss-reactive ketones (excluding diaryl/α,β-unsaturated/α-hetero) is 1. The Morgan fingerprint density at radius 2 is 1.88 bits per heavy atom. The second kappa shape index (κ2) is 4.86. The zero-order chi connectivity index (χ0) is 12.4. The van der Waals surface area contributed by atoms with E-state index in [0.717, 1.165) is 31.6 Å². The Balaban J connectivity index is 2.42. The van der Waals surface area contributed by atoms with Gasteiger partial charge in [0.2, 0.25) is 0 Å². The van der Waals surface area contributed by atoms with Gasteiger partial charge in [-0.3, -0.25) is 4.79 Å². The van der Waals surface area contributed by atoms with Gasteiger partial charge < -0.3 is 4.90 Å². The quantitative estimate of drug-likeness (QED) is 0.733. The van der Waals surface area contributed by atoms with Gasteiger partial charge in [-0.2, -0.15) is 0 Å². The number of ketones is 1. The van der Waals surface area contributed by atoms with Crippen LogP contribution in [0.4, 0.5) is 10.1 Å². The molecule has 0 saturated carbocycles. The molecule has 1 aliphatic heterocycles. The van der Waals surface area contributed by atoms with E-state index in [0.29, 0.717) is 11.1 Å². The van der Waals surface area contributed by atoms with Crippen molar-refractivity contribution in [3.63, 3.8) is 0 Å². The zero-order valence-electron chi connectivity index (χ0n) is 10.4. The summed E-state index contributed by atoms with van der Waals surface area (Å²) < 4.78 is 13.5. The summed E-state index contributed by atoms with van der Waals surface area (Å²) in [5.41, 5.74) is 2.02. The molecule has 0 bridgehead atoms. The zero-order valence-corrected chi connectivity index (χ0v) is 10.4. The summed E-state index contributed by atoms with van der Waals surface area (Å²) in [6.07, 6.45) is 3.54. The first kappa shape index (κ1) is 12.1. The average Bonchev–Trinajstić information content (AvgIpc) is 2.33. The van der Waals surface area contributed by atoms with Crippen LogP contribution in [0, 0.1) is 12.7 Å². The van der Waals surface area contributed by atoms with Gasteiger partial charge in [0.15, 0.2) is 5.78 Å². The molecule has 2 rings (SSSR count). The summed E-state index contributed by atoms with van der Waals surface area (Å²) in [5.74, 6) is -0.361. The van der Waals surface area contributed by atoms with Crippen molar-refractivity contribution in [2.75, 3.05) is 18.0 Å². The van der Waals surface area contributed by atoms with E-state index < -0.39 is 0 Å². The second-order valence-corrected chi connectivity index (χ2v) is 4.72. The van der Waals surface area contributed by atoms with Crippen molar-refractivity contribution in [3.05, 3.63) is 29.1 Å². The molecule has 1 aliphatic rings. The van der Waals surface area contributed by atoms with Gasteiger partial charge in [0.05, 0.1) is 0 Å². The van der Waals surface area contributed by atoms with Crippen LogP contribution in [0.1, 0.15) is 42.1 Å². The van der Waals surface area contributed by atoms with Crippen LogP contribution < -0.4 is 4.90 Å². The minimum atomic E-state index is -0.295. The molecule has 1 aromatic rings. The fraction of sp³-hybridized carbons (Fsp3) is 0.500. The fourth-order valence-corrected chi connectivity index (χ4v) is 2.34. The third-order valence-electron chi connectivity index (χ3n) is 3.35. The average molecular weight is 235 g/mol. The van der Waals surface area contributed by atoms with Gasteiger partial charge >= 0.3 is 0 Å². The number of hydrogen-bond acceptors (Lipinski definition) is 2. The van der Waals surface area contributed by atoms with Crippen molar-refractivity contribution >= 4 is 11.5 Å². The largest absolute Gasteiger partial charge is 0.371 e. The molecule has 1 aromatic carbocycles. The monoisotopic (exact) mass is 235 g/mol. The lowest BCUT2D eigenvalue weighted by molar-refractivity contribution is 0.101. The van der Waals surface area contributed by atoms with E-state index in [1.54, 1.807) is 13.0 Å². The molecule has 0 N–H and O–H groups in total. The molecule has 17 heavy (non-hydrogen) atoms. The lowest BCUT2D eigenvalue weighted by Gasteiger charge is -2.30. The van der Waals surface area contributed by atoms with Gasteiger partial charge in [-0.25, -0.2) is 4.39 Å². The minimum Gasteiger partial charge on any atom is -0.371 e. The number of benzene rings is 1. The van der Waals surface area contributed by atoms with Crippen LogP contribution in [-0.2, 0) is 0 Å². The van der Waals surface area contributed by atoms with E-state index >= 15 is 0 Å². The molecule has 0 atom stereocenters. The molecule has 1 saturated heterocycles. The summed E-state index contributed by atoms with van der Waals surface area (Å²) in [4.78, 5) is 13.8. The Labute approximate surface area is 101 Å². The van der Waals surface area contributed by atoms with Crippen LogP contribution in [0.5, 0.6) is 0 Å². The maximum atomic E-state index is 13.5. The van der Waals surface area contributed by atoms with Gasteiger partial charge in [0, 0.05) is 24.3 Å². The maximum absolute atomic E-state index is 13.5. The highest BCUT2D eigenvalue weighted by Gasteiger charge is 2.18. The summed E-state index contributed by atoms with van der Waals surface area (Å²) in [5, 5.41) is 0. The molecule has 0 radical (unpaired) electrons. The Morgan fingerprint density at radius 3 is 2.47 bits per heavy atom. The van der Waals surface area contributed by atoms with Crippen LogP contribution in [0.3, 0.4) is 0 Å². The van der Waals surface area contributed by atoms with E-state index in [9.17, 15) is 9.18 Å². The van der Waals surface area contributed by atoms with Crippen molar-refractivity contribution < 1.29 is 9.18 Å². The third-order valence-corrected chi connectivity index (χ3v) is 3.35. The third kappa shape index (κ3) is 2.48. The lowest BCUT2D eigenvalue weighted by Crippen LogP contribution is -2.30. The molecule has 0 spiro atoms. The SMILES string of the molecule is CC(=O)c1cc(F)c(C)cc1N1CCCCC1. The Morgan fingerprint density at radius 1 is 1.24 bits per heavy atom. The first-order chi connectivity index (χ1) is 8.09. The van der Waals surface area contributed by atoms with E-state index in [1.807, 2.05) is 0 Å². The first-order valence-electron chi connectivity index (χ1n) is 6.15. The van der Waals surface area contributed by atoms with Gasteiger partial charge in [0.25, 0.3) is 0 Å². The predicted molar refractivity (Wildman–Crippen MR) is 67.2 cm³/mol. The smallest absolute Gasteiger partial charge is 0.161 e. The Bertz CT molecular complexity index is 436. The number of hydrogen-bond donors (Lipinski definition) is 0. The van der Waals surface area contributed by atoms with Gasteiger partial charge in [-0.15, -0.1) is 0 Å². The fourth-order valence-electron chi connectivity index (χ4n) is 2.34. The van der Waals surface area contributed by atoms with Crippen molar-refractivity contribution in [3.8, 4) is 0 Å². The number of piperidine rings is 1. The molecule has 2 nitrogen and oxygen atoms in total. The van der Waals surface area contributed by atoms with Crippen LogP contribution in [0.15, 0.2) is 12.1 Å². The summed E-state index contributed by atoms with van der Waals surface area (Å²) in [6.45, 7) is 5.17. The lowest BCUT2D eigenvalue weighted by atomic mass is 10.0. The van der Waals surface area contributed by atoms with E-state index in [-0.39, 0.29) is 11.6 Å². The first-order valence-corrected chi connectivity index (χ1v) is 6.15. The van der Waals surface area contributed by atoms with Gasteiger partial charge in [0.1, 0.15) is 5.82 Å². The summed E-state index contributed by atoms with van der Waals surface area (Å²) in [6, 6.07) is 3.18. The number of carbonyl (C=O) groups is 1. The van der Waals surface area contributed by atoms with E-state index in [1.165, 1.54) is 19.4 Å². The highest BCUT2D eigenvalue weighted by molar-refractivity contribution is 6.00. The molecule has 0 aromatic heterocycles. The number of anilines is 1. The van der Waals surface area contributed by atoms with Crippen LogP contribution in [0.25, 0.3) is 0 Å². The molecular formula is C14H18FNO. The Kier molecular flexibility index (Phi) is 3.46. The molecule has 1 fully saturated rings. The highest BCUT2D eigenvalue weighted by atomic mass is 19.1. The molecule has 92 valence electrons. The number of rotatable bonds is 2. The van der Waals surface area contributed by atoms with Crippen molar-refractivity contribution in [2.45, 2.75) is 33.1 Å². The van der Waals surface area contributed by atoms with Gasteiger partial charge in [-0.05, 0) is 50.8 Å². The molecule has 0 unspecified atom stereocenters. The van der Waals surface area contributed by atoms with Crippen molar-refractivity contribution in [2.24, 2.45) is 0 Å². The number of nitrogens with zero attached hydrogens (tertiary/aromatic N) is 1. The number of halogens is 1. The summed E-state index contributed by atoms with van der Waals surface area (Å²) >= 11 is 0. The topological polar surface area (TPSA) is 20.3 Å². The molecule has 0 aliphatic carbocycles. The molecule has 0 amide bonds. The standard InChI is InChI=1S/C14H18FNO/c1-10-8-14(16-6-4-3-5-7-16)12(11(2)17)9-13(10)15/h8-9H,3-7H2,1-2H3. The Hall–Kier alpha value is -1.38. The number of aryl methyl sites for hydroxylation is 1. The highest BCUT2D eigenvalue weighted by Crippen LogP contribution is 2.27. The molecule has 1 heterocycles.